The molecule has 0 saturated carbocycles. The van der Waals surface area contributed by atoms with Crippen molar-refractivity contribution < 1.29 is 4.74 Å². The third kappa shape index (κ3) is 2.33. The highest BCUT2D eigenvalue weighted by Crippen LogP contribution is 2.24. The van der Waals surface area contributed by atoms with Crippen LogP contribution in [-0.4, -0.2) is 29.1 Å². The maximum absolute atomic E-state index is 5.72. The van der Waals surface area contributed by atoms with Crippen LogP contribution in [0.2, 0.25) is 0 Å². The Balaban J connectivity index is 0.00000108. The second-order valence-corrected chi connectivity index (χ2v) is 4.61. The molecule has 3 heterocycles. The largest absolute Gasteiger partial charge is 0.369 e. The molecule has 3 rings (SSSR count). The van der Waals surface area contributed by atoms with E-state index in [0.29, 0.717) is 0 Å². The Hall–Kier alpha value is -0.620. The van der Waals surface area contributed by atoms with Gasteiger partial charge in [0.1, 0.15) is 12.4 Å². The number of imidazole rings is 1. The van der Waals surface area contributed by atoms with E-state index >= 15 is 0 Å². The minimum atomic E-state index is 0. The van der Waals surface area contributed by atoms with Gasteiger partial charge in [0.25, 0.3) is 0 Å². The molecule has 1 N–H and O–H groups in total. The summed E-state index contributed by atoms with van der Waals surface area (Å²) in [7, 11) is 0. The molecule has 0 aliphatic carbocycles. The summed E-state index contributed by atoms with van der Waals surface area (Å²) in [6.07, 6.45) is 1.89. The van der Waals surface area contributed by atoms with Crippen LogP contribution < -0.4 is 5.32 Å². The molecule has 0 amide bonds. The monoisotopic (exact) mass is 317 g/mol. The lowest BCUT2D eigenvalue weighted by Crippen LogP contribution is -2.33. The second-order valence-electron chi connectivity index (χ2n) is 3.80. The Kier molecular flexibility index (Phi) is 4.04. The Morgan fingerprint density at radius 2 is 2.35 bits per heavy atom. The third-order valence-electron chi connectivity index (χ3n) is 2.78. The molecule has 1 saturated heterocycles. The van der Waals surface area contributed by atoms with E-state index in [2.05, 4.69) is 32.3 Å². The van der Waals surface area contributed by atoms with Crippen LogP contribution in [0.5, 0.6) is 0 Å². The number of morpholine rings is 1. The van der Waals surface area contributed by atoms with Crippen molar-refractivity contribution in [1.82, 2.24) is 14.7 Å². The number of hydrogen-bond donors (Lipinski definition) is 1. The molecule has 1 fully saturated rings. The van der Waals surface area contributed by atoms with E-state index in [1.165, 1.54) is 0 Å². The van der Waals surface area contributed by atoms with Crippen LogP contribution in [0.4, 0.5) is 0 Å². The molecule has 6 heteroatoms. The minimum absolute atomic E-state index is 0. The first-order valence-corrected chi connectivity index (χ1v) is 6.09. The lowest BCUT2D eigenvalue weighted by molar-refractivity contribution is 0.0262. The highest BCUT2D eigenvalue weighted by Gasteiger charge is 2.20. The standard InChI is InChI=1S/C11H12BrN3O.ClH/c12-10-3-1-2-8-11(14-7-15(8)10)9-6-13-4-5-16-9;/h1-3,7,9,13H,4-6H2;1H. The van der Waals surface area contributed by atoms with Crippen LogP contribution in [0.3, 0.4) is 0 Å². The zero-order chi connectivity index (χ0) is 11.0. The van der Waals surface area contributed by atoms with Gasteiger partial charge in [-0.05, 0) is 28.1 Å². The lowest BCUT2D eigenvalue weighted by atomic mass is 10.2. The molecular formula is C11H13BrClN3O. The number of fused-ring (bicyclic) bond motifs is 1. The van der Waals surface area contributed by atoms with Gasteiger partial charge >= 0.3 is 0 Å². The number of aromatic nitrogens is 2. The van der Waals surface area contributed by atoms with E-state index in [-0.39, 0.29) is 18.5 Å². The second kappa shape index (κ2) is 5.35. The van der Waals surface area contributed by atoms with Crippen LogP contribution in [0.15, 0.2) is 29.1 Å². The van der Waals surface area contributed by atoms with Gasteiger partial charge in [0.2, 0.25) is 0 Å². The summed E-state index contributed by atoms with van der Waals surface area (Å²) < 4.78 is 8.74. The Labute approximate surface area is 114 Å². The van der Waals surface area contributed by atoms with Gasteiger partial charge in [0, 0.05) is 13.1 Å². The normalized spacial score (nSPS) is 20.2. The van der Waals surface area contributed by atoms with Gasteiger partial charge in [-0.1, -0.05) is 6.07 Å². The fraction of sp³-hybridized carbons (Fsp3) is 0.364. The van der Waals surface area contributed by atoms with Gasteiger partial charge in [-0.3, -0.25) is 4.40 Å². The van der Waals surface area contributed by atoms with Crippen LogP contribution in [0.1, 0.15) is 11.8 Å². The first-order valence-electron chi connectivity index (χ1n) is 5.30. The molecule has 1 aliphatic heterocycles. The van der Waals surface area contributed by atoms with Gasteiger partial charge in [0.15, 0.2) is 0 Å². The molecule has 1 aliphatic rings. The lowest BCUT2D eigenvalue weighted by Gasteiger charge is -2.22. The average molecular weight is 319 g/mol. The maximum atomic E-state index is 5.72. The molecule has 17 heavy (non-hydrogen) atoms. The SMILES string of the molecule is Brc1cccc2c(C3CNCCO3)ncn12.Cl. The van der Waals surface area contributed by atoms with Crippen molar-refractivity contribution in [1.29, 1.82) is 0 Å². The molecule has 0 bridgehead atoms. The van der Waals surface area contributed by atoms with Crippen molar-refractivity contribution in [3.63, 3.8) is 0 Å². The van der Waals surface area contributed by atoms with Crippen molar-refractivity contribution in [3.8, 4) is 0 Å². The van der Waals surface area contributed by atoms with Gasteiger partial charge in [0.05, 0.1) is 22.4 Å². The number of nitrogens with one attached hydrogen (secondary N) is 1. The molecule has 92 valence electrons. The van der Waals surface area contributed by atoms with Gasteiger partial charge < -0.3 is 10.1 Å². The van der Waals surface area contributed by atoms with Crippen molar-refractivity contribution in [2.75, 3.05) is 19.7 Å². The summed E-state index contributed by atoms with van der Waals surface area (Å²) in [5.41, 5.74) is 2.11. The van der Waals surface area contributed by atoms with E-state index in [1.807, 2.05) is 22.9 Å². The van der Waals surface area contributed by atoms with Crippen LogP contribution in [-0.2, 0) is 4.74 Å². The zero-order valence-electron chi connectivity index (χ0n) is 9.10. The number of rotatable bonds is 1. The van der Waals surface area contributed by atoms with E-state index in [0.717, 1.165) is 35.5 Å². The summed E-state index contributed by atoms with van der Waals surface area (Å²) in [4.78, 5) is 4.45. The van der Waals surface area contributed by atoms with Gasteiger partial charge in [-0.25, -0.2) is 4.98 Å². The number of halogens is 2. The molecule has 0 aromatic carbocycles. The number of ether oxygens (including phenoxy) is 1. The first-order chi connectivity index (χ1) is 7.86. The van der Waals surface area contributed by atoms with Crippen molar-refractivity contribution in [2.45, 2.75) is 6.10 Å². The van der Waals surface area contributed by atoms with Crippen LogP contribution in [0, 0.1) is 0 Å². The predicted octanol–water partition coefficient (Wildman–Crippen LogP) is 2.18. The molecule has 2 aromatic heterocycles. The van der Waals surface area contributed by atoms with Gasteiger partial charge in [-0.2, -0.15) is 0 Å². The first kappa shape index (κ1) is 12.8. The zero-order valence-corrected chi connectivity index (χ0v) is 11.5. The fourth-order valence-corrected chi connectivity index (χ4v) is 2.43. The van der Waals surface area contributed by atoms with Gasteiger partial charge in [-0.15, -0.1) is 12.4 Å². The third-order valence-corrected chi connectivity index (χ3v) is 3.43. The van der Waals surface area contributed by atoms with Crippen molar-refractivity contribution in [3.05, 3.63) is 34.8 Å². The highest BCUT2D eigenvalue weighted by atomic mass is 79.9. The van der Waals surface area contributed by atoms with Crippen LogP contribution in [0.25, 0.3) is 5.52 Å². The Morgan fingerprint density at radius 1 is 1.47 bits per heavy atom. The topological polar surface area (TPSA) is 38.6 Å². The average Bonchev–Trinajstić information content (AvgIpc) is 2.75. The summed E-state index contributed by atoms with van der Waals surface area (Å²) in [5.74, 6) is 0. The summed E-state index contributed by atoms with van der Waals surface area (Å²) in [6, 6.07) is 6.07. The number of hydrogen-bond acceptors (Lipinski definition) is 3. The molecule has 0 spiro atoms. The molecule has 4 nitrogen and oxygen atoms in total. The van der Waals surface area contributed by atoms with E-state index in [1.54, 1.807) is 0 Å². The minimum Gasteiger partial charge on any atom is -0.369 e. The molecule has 1 atom stereocenters. The van der Waals surface area contributed by atoms with Crippen molar-refractivity contribution >= 4 is 33.9 Å². The maximum Gasteiger partial charge on any atom is 0.114 e. The van der Waals surface area contributed by atoms with Crippen LogP contribution >= 0.6 is 28.3 Å². The molecule has 0 radical (unpaired) electrons. The highest BCUT2D eigenvalue weighted by molar-refractivity contribution is 9.10. The van der Waals surface area contributed by atoms with E-state index in [4.69, 9.17) is 4.74 Å². The summed E-state index contributed by atoms with van der Waals surface area (Å²) >= 11 is 3.50. The number of nitrogens with zero attached hydrogens (tertiary/aromatic N) is 2. The van der Waals surface area contributed by atoms with Crippen molar-refractivity contribution in [2.24, 2.45) is 0 Å². The quantitative estimate of drug-likeness (QED) is 0.819. The molecular weight excluding hydrogens is 305 g/mol. The summed E-state index contributed by atoms with van der Waals surface area (Å²) in [5, 5.41) is 3.32. The summed E-state index contributed by atoms with van der Waals surface area (Å²) in [6.45, 7) is 2.50. The van der Waals surface area contributed by atoms with E-state index in [9.17, 15) is 0 Å². The van der Waals surface area contributed by atoms with E-state index < -0.39 is 0 Å². The Morgan fingerprint density at radius 3 is 3.12 bits per heavy atom. The predicted molar refractivity (Wildman–Crippen MR) is 71.7 cm³/mol. The molecule has 2 aromatic rings. The smallest absolute Gasteiger partial charge is 0.114 e. The Bertz CT molecular complexity index is 510. The number of pyridine rings is 1. The fourth-order valence-electron chi connectivity index (χ4n) is 2.00. The molecule has 1 unspecified atom stereocenters.